The first-order valence-electron chi connectivity index (χ1n) is 17.2. The van der Waals surface area contributed by atoms with Crippen molar-refractivity contribution in [1.29, 1.82) is 0 Å². The van der Waals surface area contributed by atoms with Gasteiger partial charge in [0.15, 0.2) is 0 Å². The van der Waals surface area contributed by atoms with Gasteiger partial charge in [-0.25, -0.2) is 0 Å². The number of hydrogen-bond acceptors (Lipinski definition) is 0. The maximum Gasteiger partial charge on any atom is 0.0528 e. The van der Waals surface area contributed by atoms with Gasteiger partial charge in [0.2, 0.25) is 0 Å². The molecule has 248 valence electrons. The van der Waals surface area contributed by atoms with E-state index in [4.69, 9.17) is 0 Å². The molecule has 0 spiro atoms. The third-order valence-electron chi connectivity index (χ3n) is 8.04. The lowest BCUT2D eigenvalue weighted by molar-refractivity contribution is 1.01. The highest BCUT2D eigenvalue weighted by Crippen LogP contribution is 2.28. The quantitative estimate of drug-likeness (QED) is 0.193. The standard InChI is InChI=1S/C21H19N.2C11H14.C2H6.C2H2/c1-16-7-9-17(10-8-16)18-11-12-21-19(15-18)13-14-22(21)20-5-3-2-4-6-20;1-4-10-7-6-9(3)8-11(10)5-2;1-3-7-10(2)11-8-5-4-6-9-11;2*1-2/h3,5-15H,2,4H2,1H3;5-8H,2,4H2,1,3H3;3-8H,9H2,1-2H3;1-2H3;1-2H/b;;7-3-,11-10-;;. The van der Waals surface area contributed by atoms with Crippen LogP contribution in [-0.2, 0) is 6.42 Å². The summed E-state index contributed by atoms with van der Waals surface area (Å²) in [6, 6.07) is 24.2. The first kappa shape index (κ1) is 39.1. The van der Waals surface area contributed by atoms with Crippen molar-refractivity contribution in [2.75, 3.05) is 0 Å². The van der Waals surface area contributed by atoms with E-state index >= 15 is 0 Å². The number of terminal acetylenes is 1. The lowest BCUT2D eigenvalue weighted by Gasteiger charge is -2.10. The Morgan fingerprint density at radius 2 is 1.54 bits per heavy atom. The molecule has 2 aliphatic carbocycles. The highest BCUT2D eigenvalue weighted by Gasteiger charge is 2.07. The van der Waals surface area contributed by atoms with Crippen LogP contribution in [0.25, 0.3) is 33.8 Å². The van der Waals surface area contributed by atoms with Crippen LogP contribution in [0, 0.1) is 26.7 Å². The Labute approximate surface area is 292 Å². The van der Waals surface area contributed by atoms with E-state index in [2.05, 4.69) is 179 Å². The molecule has 3 aromatic carbocycles. The van der Waals surface area contributed by atoms with E-state index in [0.717, 1.165) is 25.7 Å². The zero-order valence-corrected chi connectivity index (χ0v) is 30.3. The molecule has 0 aliphatic heterocycles. The fourth-order valence-corrected chi connectivity index (χ4v) is 5.46. The summed E-state index contributed by atoms with van der Waals surface area (Å²) in [5.41, 5.74) is 13.1. The second-order valence-electron chi connectivity index (χ2n) is 11.4. The van der Waals surface area contributed by atoms with Crippen molar-refractivity contribution in [3.63, 3.8) is 0 Å². The van der Waals surface area contributed by atoms with Crippen LogP contribution in [0.4, 0.5) is 0 Å². The molecule has 0 saturated carbocycles. The number of hydrogen-bond donors (Lipinski definition) is 0. The molecule has 0 fully saturated rings. The minimum absolute atomic E-state index is 1.08. The topological polar surface area (TPSA) is 4.93 Å². The van der Waals surface area contributed by atoms with Crippen LogP contribution in [-0.4, -0.2) is 4.57 Å². The minimum Gasteiger partial charge on any atom is -0.317 e. The molecule has 1 aromatic heterocycles. The third kappa shape index (κ3) is 11.6. The Bertz CT molecular complexity index is 1790. The van der Waals surface area contributed by atoms with E-state index in [1.165, 1.54) is 61.1 Å². The van der Waals surface area contributed by atoms with E-state index < -0.39 is 0 Å². The fourth-order valence-electron chi connectivity index (χ4n) is 5.46. The van der Waals surface area contributed by atoms with E-state index in [9.17, 15) is 0 Å². The van der Waals surface area contributed by atoms with E-state index in [0.29, 0.717) is 0 Å². The summed E-state index contributed by atoms with van der Waals surface area (Å²) in [6.07, 6.45) is 36.1. The van der Waals surface area contributed by atoms with Gasteiger partial charge in [-0.2, -0.15) is 0 Å². The summed E-state index contributed by atoms with van der Waals surface area (Å²) in [6.45, 7) is 18.4. The van der Waals surface area contributed by atoms with Crippen molar-refractivity contribution >= 4 is 22.7 Å². The predicted octanol–water partition coefficient (Wildman–Crippen LogP) is 13.7. The summed E-state index contributed by atoms with van der Waals surface area (Å²) in [4.78, 5) is 0. The molecule has 0 unspecified atom stereocenters. The highest BCUT2D eigenvalue weighted by atomic mass is 15.0. The Morgan fingerprint density at radius 3 is 2.15 bits per heavy atom. The van der Waals surface area contributed by atoms with Gasteiger partial charge in [-0.3, -0.25) is 0 Å². The van der Waals surface area contributed by atoms with Crippen LogP contribution in [0.2, 0.25) is 0 Å². The van der Waals surface area contributed by atoms with Crippen molar-refractivity contribution in [1.82, 2.24) is 4.57 Å². The van der Waals surface area contributed by atoms with E-state index in [-0.39, 0.29) is 0 Å². The van der Waals surface area contributed by atoms with Crippen LogP contribution in [0.3, 0.4) is 0 Å². The first-order chi connectivity index (χ1) is 23.4. The maximum absolute atomic E-state index is 4.00. The molecule has 0 atom stereocenters. The number of aryl methyl sites for hydroxylation is 3. The minimum atomic E-state index is 1.08. The molecule has 1 heterocycles. The fraction of sp³-hybridized carbons (Fsp3) is 0.234. The number of benzene rings is 3. The van der Waals surface area contributed by atoms with Crippen LogP contribution in [0.15, 0.2) is 145 Å². The molecule has 0 amide bonds. The van der Waals surface area contributed by atoms with Crippen molar-refractivity contribution in [3.8, 4) is 24.0 Å². The number of aromatic nitrogens is 1. The summed E-state index contributed by atoms with van der Waals surface area (Å²) in [7, 11) is 0. The van der Waals surface area contributed by atoms with Crippen molar-refractivity contribution in [2.45, 2.75) is 74.1 Å². The molecule has 2 aliphatic rings. The van der Waals surface area contributed by atoms with Gasteiger partial charge in [0.1, 0.15) is 0 Å². The highest BCUT2D eigenvalue weighted by molar-refractivity contribution is 5.89. The second-order valence-corrected chi connectivity index (χ2v) is 11.4. The smallest absolute Gasteiger partial charge is 0.0528 e. The molecule has 48 heavy (non-hydrogen) atoms. The summed E-state index contributed by atoms with van der Waals surface area (Å²) in [5, 5.41) is 1.29. The largest absolute Gasteiger partial charge is 0.317 e. The summed E-state index contributed by atoms with van der Waals surface area (Å²) >= 11 is 0. The predicted molar refractivity (Wildman–Crippen MR) is 217 cm³/mol. The zero-order chi connectivity index (χ0) is 35.3. The van der Waals surface area contributed by atoms with E-state index in [1.807, 2.05) is 26.8 Å². The molecule has 1 heteroatoms. The lowest BCUT2D eigenvalue weighted by atomic mass is 10.0. The zero-order valence-electron chi connectivity index (χ0n) is 30.3. The second kappa shape index (κ2) is 21.7. The Balaban J connectivity index is 0.000000261. The van der Waals surface area contributed by atoms with Gasteiger partial charge in [0.05, 0.1) is 5.52 Å². The Hall–Kier alpha value is -5.06. The van der Waals surface area contributed by atoms with Gasteiger partial charge < -0.3 is 4.57 Å². The molecule has 0 bridgehead atoms. The molecule has 0 saturated heterocycles. The van der Waals surface area contributed by atoms with Gasteiger partial charge >= 0.3 is 0 Å². The molecular weight excluding hydrogens is 579 g/mol. The maximum atomic E-state index is 4.00. The van der Waals surface area contributed by atoms with Gasteiger partial charge in [0.25, 0.3) is 0 Å². The molecule has 0 radical (unpaired) electrons. The van der Waals surface area contributed by atoms with Crippen LogP contribution < -0.4 is 0 Å². The number of allylic oxidation sites excluding steroid dienone is 12. The van der Waals surface area contributed by atoms with Crippen molar-refractivity contribution in [2.24, 2.45) is 0 Å². The molecule has 4 aromatic rings. The van der Waals surface area contributed by atoms with E-state index in [1.54, 1.807) is 0 Å². The SMILES string of the molecule is C#C.C/C=C\C(C)=C1\C=CC=CC1.C=Cc1cc(C)ccc1CC.CC.Cc1ccc(-c2ccc3c(ccn3C3=CCCC=C3)c2)cc1. The average Bonchev–Trinajstić information content (AvgIpc) is 3.58. The molecular formula is C47H55N. The number of rotatable bonds is 5. The third-order valence-corrected chi connectivity index (χ3v) is 8.04. The summed E-state index contributed by atoms with van der Waals surface area (Å²) < 4.78 is 2.28. The molecule has 6 rings (SSSR count). The van der Waals surface area contributed by atoms with Crippen LogP contribution in [0.5, 0.6) is 0 Å². The average molecular weight is 634 g/mol. The summed E-state index contributed by atoms with van der Waals surface area (Å²) in [5.74, 6) is 0. The normalized spacial score (nSPS) is 13.8. The van der Waals surface area contributed by atoms with Crippen molar-refractivity contribution in [3.05, 3.63) is 168 Å². The van der Waals surface area contributed by atoms with Crippen LogP contribution in [0.1, 0.15) is 76.1 Å². The van der Waals surface area contributed by atoms with Crippen LogP contribution >= 0.6 is 0 Å². The van der Waals surface area contributed by atoms with Gasteiger partial charge in [-0.15, -0.1) is 12.8 Å². The number of fused-ring (bicyclic) bond motifs is 1. The number of nitrogens with zero attached hydrogens (tertiary/aromatic N) is 1. The first-order valence-corrected chi connectivity index (χ1v) is 17.2. The molecule has 1 nitrogen and oxygen atoms in total. The van der Waals surface area contributed by atoms with Gasteiger partial charge in [-0.05, 0) is 111 Å². The van der Waals surface area contributed by atoms with Crippen molar-refractivity contribution < 1.29 is 0 Å². The van der Waals surface area contributed by atoms with Gasteiger partial charge in [-0.1, -0.05) is 142 Å². The molecule has 0 N–H and O–H groups in total. The Kier molecular flexibility index (Phi) is 17.7. The lowest BCUT2D eigenvalue weighted by Crippen LogP contribution is -1.95. The van der Waals surface area contributed by atoms with Gasteiger partial charge in [0, 0.05) is 17.3 Å². The monoisotopic (exact) mass is 633 g/mol. The Morgan fingerprint density at radius 1 is 0.833 bits per heavy atom.